The number of aryl methyl sites for hydroxylation is 2. The van der Waals surface area contributed by atoms with Crippen molar-refractivity contribution in [2.45, 2.75) is 18.7 Å². The lowest BCUT2D eigenvalue weighted by Crippen LogP contribution is -2.11. The van der Waals surface area contributed by atoms with E-state index in [-0.39, 0.29) is 4.90 Å². The number of hydrogen-bond acceptors (Lipinski definition) is 3. The third-order valence-electron chi connectivity index (χ3n) is 2.80. The van der Waals surface area contributed by atoms with E-state index in [2.05, 4.69) is 15.9 Å². The minimum atomic E-state index is -3.72. The van der Waals surface area contributed by atoms with Gasteiger partial charge in [0.25, 0.3) is 0 Å². The van der Waals surface area contributed by atoms with Crippen molar-refractivity contribution in [1.29, 1.82) is 0 Å². The highest BCUT2D eigenvalue weighted by Crippen LogP contribution is 2.33. The van der Waals surface area contributed by atoms with Crippen LogP contribution >= 0.6 is 15.9 Å². The summed E-state index contributed by atoms with van der Waals surface area (Å²) in [7, 11) is -3.72. The largest absolute Gasteiger partial charge is 0.456 e. The van der Waals surface area contributed by atoms with Gasteiger partial charge in [0, 0.05) is 0 Å². The van der Waals surface area contributed by atoms with E-state index in [4.69, 9.17) is 9.88 Å². The van der Waals surface area contributed by atoms with E-state index in [0.29, 0.717) is 10.2 Å². The summed E-state index contributed by atoms with van der Waals surface area (Å²) in [5, 5.41) is 5.08. The molecule has 2 N–H and O–H groups in total. The standard InChI is InChI=1S/C14H14BrNO3S/c1-9-3-4-10(2)14(7-9)19-13-6-5-11(8-12(13)15)20(16,17)18/h3-8H,1-2H3,(H2,16,17,18). The van der Waals surface area contributed by atoms with E-state index in [1.54, 1.807) is 6.07 Å². The molecule has 0 spiro atoms. The van der Waals surface area contributed by atoms with E-state index in [1.165, 1.54) is 12.1 Å². The Morgan fingerprint density at radius 1 is 1.05 bits per heavy atom. The topological polar surface area (TPSA) is 69.4 Å². The molecule has 2 aromatic carbocycles. The summed E-state index contributed by atoms with van der Waals surface area (Å²) in [6, 6.07) is 10.3. The fourth-order valence-corrected chi connectivity index (χ4v) is 2.83. The number of rotatable bonds is 3. The molecule has 2 aromatic rings. The van der Waals surface area contributed by atoms with Crippen LogP contribution in [0.5, 0.6) is 11.5 Å². The van der Waals surface area contributed by atoms with Gasteiger partial charge in [-0.15, -0.1) is 0 Å². The molecule has 20 heavy (non-hydrogen) atoms. The number of halogens is 1. The van der Waals surface area contributed by atoms with Crippen molar-refractivity contribution >= 4 is 26.0 Å². The molecule has 0 aromatic heterocycles. The number of primary sulfonamides is 1. The van der Waals surface area contributed by atoms with Crippen LogP contribution in [0.15, 0.2) is 45.8 Å². The summed E-state index contributed by atoms with van der Waals surface area (Å²) in [5.41, 5.74) is 2.08. The predicted octanol–water partition coefficient (Wildman–Crippen LogP) is 3.51. The van der Waals surface area contributed by atoms with Gasteiger partial charge in [0.15, 0.2) is 0 Å². The summed E-state index contributed by atoms with van der Waals surface area (Å²) in [4.78, 5) is 0.0395. The van der Waals surface area contributed by atoms with Crippen LogP contribution in [0.25, 0.3) is 0 Å². The minimum Gasteiger partial charge on any atom is -0.456 e. The minimum absolute atomic E-state index is 0.0395. The van der Waals surface area contributed by atoms with Crippen LogP contribution in [0.3, 0.4) is 0 Å². The fourth-order valence-electron chi connectivity index (χ4n) is 1.68. The monoisotopic (exact) mass is 355 g/mol. The highest BCUT2D eigenvalue weighted by molar-refractivity contribution is 9.10. The van der Waals surface area contributed by atoms with Crippen molar-refractivity contribution in [1.82, 2.24) is 0 Å². The molecule has 0 fully saturated rings. The van der Waals surface area contributed by atoms with Gasteiger partial charge in [0.2, 0.25) is 10.0 Å². The predicted molar refractivity (Wildman–Crippen MR) is 81.5 cm³/mol. The van der Waals surface area contributed by atoms with Crippen LogP contribution in [0.4, 0.5) is 0 Å². The summed E-state index contributed by atoms with van der Waals surface area (Å²) in [5.74, 6) is 1.26. The van der Waals surface area contributed by atoms with Gasteiger partial charge in [-0.1, -0.05) is 12.1 Å². The van der Waals surface area contributed by atoms with Gasteiger partial charge in [0.05, 0.1) is 9.37 Å². The molecule has 2 rings (SSSR count). The Balaban J connectivity index is 2.38. The van der Waals surface area contributed by atoms with Crippen LogP contribution in [-0.4, -0.2) is 8.42 Å². The lowest BCUT2D eigenvalue weighted by atomic mass is 10.1. The van der Waals surface area contributed by atoms with Crippen LogP contribution in [0, 0.1) is 13.8 Å². The molecule has 6 heteroatoms. The highest BCUT2D eigenvalue weighted by atomic mass is 79.9. The molecule has 0 saturated carbocycles. The summed E-state index contributed by atoms with van der Waals surface area (Å²) in [6.07, 6.45) is 0. The first-order valence-electron chi connectivity index (χ1n) is 5.85. The van der Waals surface area contributed by atoms with Crippen LogP contribution < -0.4 is 9.88 Å². The van der Waals surface area contributed by atoms with E-state index < -0.39 is 10.0 Å². The molecule has 106 valence electrons. The second kappa shape index (κ2) is 5.55. The van der Waals surface area contributed by atoms with E-state index in [0.717, 1.165) is 16.9 Å². The highest BCUT2D eigenvalue weighted by Gasteiger charge is 2.12. The van der Waals surface area contributed by atoms with Crippen LogP contribution in [0.2, 0.25) is 0 Å². The summed E-state index contributed by atoms with van der Waals surface area (Å²) >= 11 is 3.30. The first-order chi connectivity index (χ1) is 9.27. The molecule has 0 unspecified atom stereocenters. The summed E-state index contributed by atoms with van der Waals surface area (Å²) < 4.78 is 28.9. The molecule has 0 aliphatic heterocycles. The number of sulfonamides is 1. The fraction of sp³-hybridized carbons (Fsp3) is 0.143. The summed E-state index contributed by atoms with van der Waals surface area (Å²) in [6.45, 7) is 3.92. The second-order valence-electron chi connectivity index (χ2n) is 4.51. The molecular formula is C14H14BrNO3S. The normalized spacial score (nSPS) is 11.4. The first-order valence-corrected chi connectivity index (χ1v) is 8.19. The van der Waals surface area contributed by atoms with Gasteiger partial charge in [-0.3, -0.25) is 0 Å². The van der Waals surface area contributed by atoms with Gasteiger partial charge in [-0.2, -0.15) is 0 Å². The van der Waals surface area contributed by atoms with Crippen molar-refractivity contribution in [3.8, 4) is 11.5 Å². The Kier molecular flexibility index (Phi) is 4.17. The maximum absolute atomic E-state index is 11.3. The van der Waals surface area contributed by atoms with Crippen molar-refractivity contribution in [3.05, 3.63) is 52.0 Å². The van der Waals surface area contributed by atoms with Gasteiger partial charge < -0.3 is 4.74 Å². The molecule has 4 nitrogen and oxygen atoms in total. The maximum atomic E-state index is 11.3. The van der Waals surface area contributed by atoms with Crippen LogP contribution in [0.1, 0.15) is 11.1 Å². The lowest BCUT2D eigenvalue weighted by molar-refractivity contribution is 0.475. The van der Waals surface area contributed by atoms with E-state index in [1.807, 2.05) is 32.0 Å². The zero-order valence-corrected chi connectivity index (χ0v) is 13.5. The Morgan fingerprint density at radius 2 is 1.75 bits per heavy atom. The van der Waals surface area contributed by atoms with Gasteiger partial charge in [0.1, 0.15) is 11.5 Å². The first kappa shape index (κ1) is 15.0. The van der Waals surface area contributed by atoms with Gasteiger partial charge in [-0.05, 0) is 65.2 Å². The molecule has 0 radical (unpaired) electrons. The Labute approximate surface area is 126 Å². The molecule has 0 aliphatic carbocycles. The number of hydrogen-bond donors (Lipinski definition) is 1. The van der Waals surface area contributed by atoms with Gasteiger partial charge >= 0.3 is 0 Å². The molecular weight excluding hydrogens is 342 g/mol. The zero-order chi connectivity index (χ0) is 14.9. The number of benzene rings is 2. The third kappa shape index (κ3) is 3.39. The molecule has 0 heterocycles. The smallest absolute Gasteiger partial charge is 0.238 e. The van der Waals surface area contributed by atoms with Crippen LogP contribution in [-0.2, 0) is 10.0 Å². The van der Waals surface area contributed by atoms with E-state index >= 15 is 0 Å². The maximum Gasteiger partial charge on any atom is 0.238 e. The second-order valence-corrected chi connectivity index (χ2v) is 6.92. The average Bonchev–Trinajstić information content (AvgIpc) is 2.35. The zero-order valence-electron chi connectivity index (χ0n) is 11.1. The van der Waals surface area contributed by atoms with Crippen molar-refractivity contribution in [2.24, 2.45) is 5.14 Å². The molecule has 0 amide bonds. The number of ether oxygens (including phenoxy) is 1. The molecule has 0 saturated heterocycles. The SMILES string of the molecule is Cc1ccc(C)c(Oc2ccc(S(N)(=O)=O)cc2Br)c1. The number of nitrogens with two attached hydrogens (primary N) is 1. The average molecular weight is 356 g/mol. The Hall–Kier alpha value is -1.37. The van der Waals surface area contributed by atoms with Crippen molar-refractivity contribution in [2.75, 3.05) is 0 Å². The van der Waals surface area contributed by atoms with E-state index in [9.17, 15) is 8.42 Å². The Bertz CT molecular complexity index is 757. The lowest BCUT2D eigenvalue weighted by Gasteiger charge is -2.11. The van der Waals surface area contributed by atoms with Crippen molar-refractivity contribution in [3.63, 3.8) is 0 Å². The quantitative estimate of drug-likeness (QED) is 0.915. The van der Waals surface area contributed by atoms with Gasteiger partial charge in [-0.25, -0.2) is 13.6 Å². The van der Waals surface area contributed by atoms with Crippen molar-refractivity contribution < 1.29 is 13.2 Å². The molecule has 0 bridgehead atoms. The Morgan fingerprint density at radius 3 is 2.35 bits per heavy atom. The molecule has 0 atom stereocenters. The molecule has 0 aliphatic rings. The third-order valence-corrected chi connectivity index (χ3v) is 4.33.